The van der Waals surface area contributed by atoms with E-state index in [0.717, 1.165) is 60.7 Å². The zero-order valence-corrected chi connectivity index (χ0v) is 31.2. The average molecular weight is 730 g/mol. The smallest absolute Gasteiger partial charge is 0.0645 e. The maximum Gasteiger partial charge on any atom is 0.0645 e. The van der Waals surface area contributed by atoms with Crippen LogP contribution in [0.5, 0.6) is 0 Å². The largest absolute Gasteiger partial charge is 0.311 e. The van der Waals surface area contributed by atoms with Gasteiger partial charge in [-0.15, -0.1) is 0 Å². The number of hydrogen-bond acceptors (Lipinski definition) is 1. The van der Waals surface area contributed by atoms with Crippen LogP contribution in [0.2, 0.25) is 0 Å². The molecule has 0 aliphatic rings. The van der Waals surface area contributed by atoms with Crippen molar-refractivity contribution < 1.29 is 5.48 Å². The molecule has 0 heterocycles. The maximum atomic E-state index is 9.58. The summed E-state index contributed by atoms with van der Waals surface area (Å²) >= 11 is 0. The lowest BCUT2D eigenvalue weighted by Gasteiger charge is -2.26. The zero-order valence-electron chi connectivity index (χ0n) is 35.2. The Morgan fingerprint density at radius 2 is 0.772 bits per heavy atom. The minimum atomic E-state index is -0.121. The molecule has 10 aromatic carbocycles. The Kier molecular flexibility index (Phi) is 7.84. The second-order valence-electron chi connectivity index (χ2n) is 14.2. The van der Waals surface area contributed by atoms with Gasteiger partial charge in [-0.3, -0.25) is 0 Å². The SMILES string of the molecule is [2H]c1c([2H])c(N(c2ccc(-c3ccc4ccccc4c3)cc2)c2ccc(-c3c(-c4ccccc4)ccc4ccccc34)cc2)c([2H])c([2H])c1-c1cccc(-c2ccccc2)c1. The lowest BCUT2D eigenvalue weighted by Crippen LogP contribution is -2.09. The molecule has 0 spiro atoms. The van der Waals surface area contributed by atoms with Crippen LogP contribution in [0.4, 0.5) is 17.1 Å². The van der Waals surface area contributed by atoms with Gasteiger partial charge in [0.25, 0.3) is 0 Å². The highest BCUT2D eigenvalue weighted by atomic mass is 15.1. The van der Waals surface area contributed by atoms with Crippen molar-refractivity contribution in [3.05, 3.63) is 236 Å². The van der Waals surface area contributed by atoms with Crippen LogP contribution in [0.15, 0.2) is 236 Å². The quantitative estimate of drug-likeness (QED) is 0.151. The summed E-state index contributed by atoms with van der Waals surface area (Å²) in [5.41, 5.74) is 11.0. The van der Waals surface area contributed by atoms with Gasteiger partial charge in [0.15, 0.2) is 0 Å². The molecule has 0 saturated carbocycles. The summed E-state index contributed by atoms with van der Waals surface area (Å²) in [5.74, 6) is 0. The number of rotatable bonds is 8. The van der Waals surface area contributed by atoms with Crippen LogP contribution in [-0.2, 0) is 0 Å². The summed E-state index contributed by atoms with van der Waals surface area (Å²) < 4.78 is 38.0. The highest BCUT2D eigenvalue weighted by Gasteiger charge is 2.16. The topological polar surface area (TPSA) is 3.24 Å². The van der Waals surface area contributed by atoms with Gasteiger partial charge in [0, 0.05) is 17.1 Å². The van der Waals surface area contributed by atoms with Crippen molar-refractivity contribution in [3.63, 3.8) is 0 Å². The third-order valence-electron chi connectivity index (χ3n) is 10.7. The molecule has 0 aromatic heterocycles. The first-order valence-corrected chi connectivity index (χ1v) is 19.3. The summed E-state index contributed by atoms with van der Waals surface area (Å²) in [6, 6.07) is 71.5. The molecule has 0 bridgehead atoms. The molecule has 0 aliphatic carbocycles. The third kappa shape index (κ3) is 6.77. The Morgan fingerprint density at radius 1 is 0.281 bits per heavy atom. The summed E-state index contributed by atoms with van der Waals surface area (Å²) in [7, 11) is 0. The number of nitrogens with zero attached hydrogens (tertiary/aromatic N) is 1. The lowest BCUT2D eigenvalue weighted by atomic mass is 9.89. The molecule has 268 valence electrons. The van der Waals surface area contributed by atoms with Crippen molar-refractivity contribution in [2.24, 2.45) is 0 Å². The first-order valence-electron chi connectivity index (χ1n) is 21.3. The predicted molar refractivity (Wildman–Crippen MR) is 243 cm³/mol. The van der Waals surface area contributed by atoms with Gasteiger partial charge in [-0.1, -0.05) is 188 Å². The molecule has 0 unspecified atom stereocenters. The van der Waals surface area contributed by atoms with Gasteiger partial charge >= 0.3 is 0 Å². The second kappa shape index (κ2) is 15.0. The average Bonchev–Trinajstić information content (AvgIpc) is 3.32. The van der Waals surface area contributed by atoms with Gasteiger partial charge in [0.05, 0.1) is 5.48 Å². The fourth-order valence-electron chi connectivity index (χ4n) is 7.84. The molecule has 0 atom stereocenters. The predicted octanol–water partition coefficient (Wildman–Crippen LogP) is 15.8. The Labute approximate surface area is 340 Å². The van der Waals surface area contributed by atoms with E-state index in [-0.39, 0.29) is 35.4 Å². The summed E-state index contributed by atoms with van der Waals surface area (Å²) in [6.07, 6.45) is 0. The first-order chi connectivity index (χ1) is 29.9. The molecule has 10 rings (SSSR count). The van der Waals surface area contributed by atoms with Gasteiger partial charge in [-0.2, -0.15) is 0 Å². The van der Waals surface area contributed by atoms with Crippen LogP contribution in [0, 0.1) is 0 Å². The van der Waals surface area contributed by atoms with Crippen LogP contribution in [-0.4, -0.2) is 0 Å². The Bertz CT molecular complexity index is 3190. The summed E-state index contributed by atoms with van der Waals surface area (Å²) in [4.78, 5) is 1.86. The van der Waals surface area contributed by atoms with Gasteiger partial charge in [0.1, 0.15) is 0 Å². The molecule has 0 N–H and O–H groups in total. The molecule has 0 saturated heterocycles. The number of anilines is 3. The van der Waals surface area contributed by atoms with Gasteiger partial charge < -0.3 is 4.90 Å². The fraction of sp³-hybridized carbons (Fsp3) is 0. The molecule has 1 heteroatoms. The molecule has 10 aromatic rings. The molecular formula is C56H39N. The minimum Gasteiger partial charge on any atom is -0.311 e. The normalized spacial score (nSPS) is 12.1. The van der Waals surface area contributed by atoms with E-state index in [0.29, 0.717) is 16.9 Å². The van der Waals surface area contributed by atoms with Crippen LogP contribution in [0.25, 0.3) is 77.2 Å². The van der Waals surface area contributed by atoms with Crippen molar-refractivity contribution in [1.29, 1.82) is 0 Å². The maximum absolute atomic E-state index is 9.58. The Balaban J connectivity index is 1.12. The van der Waals surface area contributed by atoms with E-state index >= 15 is 0 Å². The molecule has 0 aliphatic heterocycles. The summed E-state index contributed by atoms with van der Waals surface area (Å²) in [5, 5.41) is 4.62. The number of fused-ring (bicyclic) bond motifs is 2. The zero-order chi connectivity index (χ0) is 41.5. The first kappa shape index (κ1) is 29.8. The molecule has 0 radical (unpaired) electrons. The molecule has 0 amide bonds. The molecular weight excluding hydrogens is 687 g/mol. The van der Waals surface area contributed by atoms with Crippen molar-refractivity contribution in [1.82, 2.24) is 0 Å². The van der Waals surface area contributed by atoms with Crippen LogP contribution < -0.4 is 4.90 Å². The van der Waals surface area contributed by atoms with Gasteiger partial charge in [0.2, 0.25) is 0 Å². The van der Waals surface area contributed by atoms with E-state index < -0.39 is 0 Å². The van der Waals surface area contributed by atoms with E-state index in [1.54, 1.807) is 0 Å². The molecule has 0 fully saturated rings. The van der Waals surface area contributed by atoms with Crippen molar-refractivity contribution >= 4 is 38.6 Å². The van der Waals surface area contributed by atoms with Gasteiger partial charge in [-0.05, 0) is 126 Å². The Hall–Kier alpha value is -7.48. The highest BCUT2D eigenvalue weighted by Crippen LogP contribution is 2.42. The standard InChI is InChI=1S/C56H39N/c1-3-12-40(13-4-1)48-19-11-20-49(38-48)42-24-31-51(32-25-42)57(52-33-26-43(27-34-52)50-23-22-41-14-7-8-18-47(41)39-50)53-35-28-46(29-36-53)56-54-21-10-9-17-45(54)30-37-55(56)44-15-5-2-6-16-44/h1-39H/i24D,25D,31D,32D. The number of benzene rings is 10. The van der Waals surface area contributed by atoms with E-state index in [9.17, 15) is 5.48 Å². The monoisotopic (exact) mass is 729 g/mol. The molecule has 1 nitrogen and oxygen atoms in total. The van der Waals surface area contributed by atoms with Crippen LogP contribution in [0.1, 0.15) is 5.48 Å². The van der Waals surface area contributed by atoms with Crippen LogP contribution >= 0.6 is 0 Å². The Morgan fingerprint density at radius 3 is 1.47 bits per heavy atom. The fourth-order valence-corrected chi connectivity index (χ4v) is 7.84. The van der Waals surface area contributed by atoms with E-state index in [4.69, 9.17) is 0 Å². The molecule has 57 heavy (non-hydrogen) atoms. The highest BCUT2D eigenvalue weighted by molar-refractivity contribution is 6.04. The van der Waals surface area contributed by atoms with E-state index in [2.05, 4.69) is 115 Å². The van der Waals surface area contributed by atoms with Gasteiger partial charge in [-0.25, -0.2) is 0 Å². The summed E-state index contributed by atoms with van der Waals surface area (Å²) in [6.45, 7) is 0. The van der Waals surface area contributed by atoms with Crippen molar-refractivity contribution in [3.8, 4) is 55.6 Å². The minimum absolute atomic E-state index is 0.0983. The second-order valence-corrected chi connectivity index (χ2v) is 14.2. The van der Waals surface area contributed by atoms with E-state index in [1.807, 2.05) is 102 Å². The van der Waals surface area contributed by atoms with Crippen molar-refractivity contribution in [2.75, 3.05) is 4.90 Å². The van der Waals surface area contributed by atoms with Crippen LogP contribution in [0.3, 0.4) is 0 Å². The lowest BCUT2D eigenvalue weighted by molar-refractivity contribution is 1.28. The van der Waals surface area contributed by atoms with Crippen molar-refractivity contribution in [2.45, 2.75) is 0 Å². The third-order valence-corrected chi connectivity index (χ3v) is 10.7. The number of hydrogen-bond donors (Lipinski definition) is 0. The van der Waals surface area contributed by atoms with E-state index in [1.165, 1.54) is 5.39 Å².